The first-order chi connectivity index (χ1) is 9.49. The summed E-state index contributed by atoms with van der Waals surface area (Å²) in [6, 6.07) is 7.87. The monoisotopic (exact) mass is 290 g/mol. The second-order valence-corrected chi connectivity index (χ2v) is 5.07. The molecule has 0 spiro atoms. The number of carboxylic acid groups (broad SMARTS) is 2. The maximum absolute atomic E-state index is 11.0. The Balaban J connectivity index is 2.17. The third kappa shape index (κ3) is 3.03. The summed E-state index contributed by atoms with van der Waals surface area (Å²) in [5.41, 5.74) is 0.793. The third-order valence-corrected chi connectivity index (χ3v) is 3.83. The number of carboxylic acids is 2. The smallest absolute Gasteiger partial charge is 0.150 e. The van der Waals surface area contributed by atoms with Crippen molar-refractivity contribution in [1.29, 1.82) is 0 Å². The lowest BCUT2D eigenvalue weighted by molar-refractivity contribution is -0.257. The van der Waals surface area contributed by atoms with Crippen LogP contribution in [0.2, 0.25) is 0 Å². The fourth-order valence-corrected chi connectivity index (χ4v) is 2.76. The molecule has 0 fully saturated rings. The SMILES string of the molecule is Cc1oc(C(=O)[O-])cc1CSc1ccccc1C(=O)[O-]. The van der Waals surface area contributed by atoms with E-state index >= 15 is 0 Å². The molecule has 104 valence electrons. The summed E-state index contributed by atoms with van der Waals surface area (Å²) >= 11 is 1.27. The number of carbonyl (C=O) groups is 2. The van der Waals surface area contributed by atoms with Gasteiger partial charge in [0.25, 0.3) is 0 Å². The van der Waals surface area contributed by atoms with Gasteiger partial charge >= 0.3 is 0 Å². The molecule has 1 aromatic heterocycles. The van der Waals surface area contributed by atoms with Crippen LogP contribution in [-0.4, -0.2) is 11.9 Å². The molecule has 0 amide bonds. The molecular weight excluding hydrogens is 280 g/mol. The normalized spacial score (nSPS) is 10.4. The number of hydrogen-bond donors (Lipinski definition) is 0. The second kappa shape index (κ2) is 5.83. The highest BCUT2D eigenvalue weighted by atomic mass is 32.2. The van der Waals surface area contributed by atoms with Crippen LogP contribution in [0, 0.1) is 6.92 Å². The predicted molar refractivity (Wildman–Crippen MR) is 68.1 cm³/mol. The average molecular weight is 290 g/mol. The van der Waals surface area contributed by atoms with Gasteiger partial charge in [-0.1, -0.05) is 18.2 Å². The van der Waals surface area contributed by atoms with Crippen LogP contribution < -0.4 is 10.2 Å². The first-order valence-corrected chi connectivity index (χ1v) is 6.71. The Labute approximate surface area is 119 Å². The van der Waals surface area contributed by atoms with Gasteiger partial charge in [-0.15, -0.1) is 11.8 Å². The lowest BCUT2D eigenvalue weighted by atomic mass is 10.2. The van der Waals surface area contributed by atoms with Crippen LogP contribution in [0.3, 0.4) is 0 Å². The molecule has 0 saturated heterocycles. The topological polar surface area (TPSA) is 93.4 Å². The molecule has 1 heterocycles. The number of hydrogen-bond acceptors (Lipinski definition) is 6. The molecule has 1 aromatic carbocycles. The van der Waals surface area contributed by atoms with Gasteiger partial charge in [-0.05, 0) is 19.1 Å². The van der Waals surface area contributed by atoms with E-state index in [-0.39, 0.29) is 11.3 Å². The van der Waals surface area contributed by atoms with Gasteiger partial charge in [0.15, 0.2) is 0 Å². The molecule has 2 aromatic rings. The molecule has 0 unspecified atom stereocenters. The van der Waals surface area contributed by atoms with Gasteiger partial charge in [0, 0.05) is 21.8 Å². The Kier molecular flexibility index (Phi) is 4.14. The standard InChI is InChI=1S/C14H12O5S/c1-8-9(6-11(19-8)14(17)18)7-20-12-5-3-2-4-10(12)13(15)16/h2-6H,7H2,1H3,(H,15,16)(H,17,18)/p-2. The van der Waals surface area contributed by atoms with Crippen molar-refractivity contribution in [3.8, 4) is 0 Å². The summed E-state index contributed by atoms with van der Waals surface area (Å²) in [5.74, 6) is -1.98. The molecule has 20 heavy (non-hydrogen) atoms. The Morgan fingerprint density at radius 1 is 1.20 bits per heavy atom. The molecular formula is C14H10O5S-2. The molecule has 5 nitrogen and oxygen atoms in total. The quantitative estimate of drug-likeness (QED) is 0.749. The second-order valence-electron chi connectivity index (χ2n) is 4.05. The van der Waals surface area contributed by atoms with Crippen molar-refractivity contribution < 1.29 is 24.2 Å². The third-order valence-electron chi connectivity index (χ3n) is 2.71. The summed E-state index contributed by atoms with van der Waals surface area (Å²) in [6.45, 7) is 1.65. The highest BCUT2D eigenvalue weighted by Crippen LogP contribution is 2.28. The van der Waals surface area contributed by atoms with Crippen LogP contribution in [0.1, 0.15) is 32.2 Å². The number of thioether (sulfide) groups is 1. The van der Waals surface area contributed by atoms with Crippen molar-refractivity contribution >= 4 is 23.7 Å². The van der Waals surface area contributed by atoms with Crippen molar-refractivity contribution in [2.75, 3.05) is 0 Å². The van der Waals surface area contributed by atoms with E-state index < -0.39 is 11.9 Å². The maximum atomic E-state index is 11.0. The molecule has 2 rings (SSSR count). The van der Waals surface area contributed by atoms with Gasteiger partial charge < -0.3 is 24.2 Å². The van der Waals surface area contributed by atoms with E-state index in [0.29, 0.717) is 22.0 Å². The van der Waals surface area contributed by atoms with Gasteiger partial charge in [-0.3, -0.25) is 0 Å². The van der Waals surface area contributed by atoms with Crippen LogP contribution in [0.25, 0.3) is 0 Å². The van der Waals surface area contributed by atoms with Gasteiger partial charge in [0.05, 0.1) is 5.97 Å². The average Bonchev–Trinajstić information content (AvgIpc) is 2.78. The van der Waals surface area contributed by atoms with Crippen molar-refractivity contribution in [2.45, 2.75) is 17.6 Å². The van der Waals surface area contributed by atoms with E-state index in [1.807, 2.05) is 0 Å². The summed E-state index contributed by atoms with van der Waals surface area (Å²) in [7, 11) is 0. The van der Waals surface area contributed by atoms with Gasteiger partial charge in [-0.25, -0.2) is 0 Å². The van der Waals surface area contributed by atoms with Crippen LogP contribution >= 0.6 is 11.8 Å². The largest absolute Gasteiger partial charge is 0.545 e. The number of aryl methyl sites for hydroxylation is 1. The zero-order valence-electron chi connectivity index (χ0n) is 10.5. The lowest BCUT2D eigenvalue weighted by Crippen LogP contribution is -2.22. The summed E-state index contributed by atoms with van der Waals surface area (Å²) in [5, 5.41) is 21.7. The molecule has 0 radical (unpaired) electrons. The number of furan rings is 1. The van der Waals surface area contributed by atoms with E-state index in [1.54, 1.807) is 25.1 Å². The number of benzene rings is 1. The fourth-order valence-electron chi connectivity index (χ4n) is 1.68. The van der Waals surface area contributed by atoms with Gasteiger partial charge in [0.2, 0.25) is 0 Å². The Morgan fingerprint density at radius 2 is 1.90 bits per heavy atom. The Morgan fingerprint density at radius 3 is 2.50 bits per heavy atom. The molecule has 0 aliphatic heterocycles. The van der Waals surface area contributed by atoms with E-state index in [1.165, 1.54) is 23.9 Å². The summed E-state index contributed by atoms with van der Waals surface area (Å²) < 4.78 is 5.04. The lowest BCUT2D eigenvalue weighted by Gasteiger charge is -2.09. The fraction of sp³-hybridized carbons (Fsp3) is 0.143. The first-order valence-electron chi connectivity index (χ1n) is 5.73. The molecule has 0 saturated carbocycles. The van der Waals surface area contributed by atoms with Crippen molar-refractivity contribution in [3.63, 3.8) is 0 Å². The van der Waals surface area contributed by atoms with Crippen molar-refractivity contribution in [2.24, 2.45) is 0 Å². The molecule has 0 aliphatic rings. The minimum atomic E-state index is -1.38. The Hall–Kier alpha value is -2.21. The van der Waals surface area contributed by atoms with E-state index in [4.69, 9.17) is 4.42 Å². The van der Waals surface area contributed by atoms with Gasteiger partial charge in [0.1, 0.15) is 17.5 Å². The van der Waals surface area contributed by atoms with Gasteiger partial charge in [-0.2, -0.15) is 0 Å². The summed E-state index contributed by atoms with van der Waals surface area (Å²) in [4.78, 5) is 22.2. The highest BCUT2D eigenvalue weighted by Gasteiger charge is 2.10. The van der Waals surface area contributed by atoms with Crippen LogP contribution in [-0.2, 0) is 5.75 Å². The minimum absolute atomic E-state index is 0.110. The van der Waals surface area contributed by atoms with Crippen molar-refractivity contribution in [3.05, 3.63) is 53.0 Å². The van der Waals surface area contributed by atoms with Crippen LogP contribution in [0.15, 0.2) is 39.6 Å². The molecule has 6 heteroatoms. The van der Waals surface area contributed by atoms with E-state index in [0.717, 1.165) is 0 Å². The zero-order valence-corrected chi connectivity index (χ0v) is 11.4. The molecule has 0 atom stereocenters. The predicted octanol–water partition coefficient (Wildman–Crippen LogP) is 0.607. The Bertz CT molecular complexity index is 659. The zero-order chi connectivity index (χ0) is 14.7. The molecule has 0 bridgehead atoms. The number of carbonyl (C=O) groups excluding carboxylic acids is 2. The first kappa shape index (κ1) is 14.2. The summed E-state index contributed by atoms with van der Waals surface area (Å²) in [6.07, 6.45) is 0. The molecule has 0 N–H and O–H groups in total. The van der Waals surface area contributed by atoms with Crippen molar-refractivity contribution in [1.82, 2.24) is 0 Å². The minimum Gasteiger partial charge on any atom is -0.545 e. The highest BCUT2D eigenvalue weighted by molar-refractivity contribution is 7.98. The number of rotatable bonds is 5. The van der Waals surface area contributed by atoms with Crippen LogP contribution in [0.4, 0.5) is 0 Å². The van der Waals surface area contributed by atoms with Crippen LogP contribution in [0.5, 0.6) is 0 Å². The van der Waals surface area contributed by atoms with E-state index in [9.17, 15) is 19.8 Å². The molecule has 0 aliphatic carbocycles. The maximum Gasteiger partial charge on any atom is 0.150 e. The van der Waals surface area contributed by atoms with E-state index in [2.05, 4.69) is 0 Å². The number of aromatic carboxylic acids is 2.